The molecule has 0 unspecified atom stereocenters. The third-order valence-electron chi connectivity index (χ3n) is 4.75. The number of fused-ring (bicyclic) bond motifs is 1. The number of Topliss-reactive ketones (excluding diaryl/α,β-unsaturated/α-hetero) is 1. The Morgan fingerprint density at radius 1 is 0.897 bits per heavy atom. The third-order valence-corrected chi connectivity index (χ3v) is 7.35. The van der Waals surface area contributed by atoms with Gasteiger partial charge < -0.3 is 0 Å². The first-order valence-corrected chi connectivity index (χ1v) is 11.7. The van der Waals surface area contributed by atoms with Crippen LogP contribution in [0.25, 0.3) is 10.8 Å². The van der Waals surface area contributed by atoms with Crippen LogP contribution in [0.1, 0.15) is 16.1 Å². The van der Waals surface area contributed by atoms with Gasteiger partial charge in [0.1, 0.15) is 16.5 Å². The van der Waals surface area contributed by atoms with Crippen molar-refractivity contribution in [1.29, 1.82) is 0 Å². The number of hydrogen-bond acceptors (Lipinski definition) is 5. The van der Waals surface area contributed by atoms with E-state index >= 15 is 0 Å². The van der Waals surface area contributed by atoms with Gasteiger partial charge in [0.15, 0.2) is 9.84 Å². The molecule has 0 amide bonds. The molecule has 4 aromatic rings. The smallest absolute Gasteiger partial charge is 0.184 e. The molecule has 0 aliphatic rings. The Bertz CT molecular complexity index is 1240. The van der Waals surface area contributed by atoms with Crippen molar-refractivity contribution in [2.75, 3.05) is 0 Å². The largest absolute Gasteiger partial charge is 0.299 e. The van der Waals surface area contributed by atoms with Crippen molar-refractivity contribution in [3.8, 4) is 0 Å². The predicted octanol–water partition coefficient (Wildman–Crippen LogP) is 4.62. The van der Waals surface area contributed by atoms with Crippen molar-refractivity contribution in [2.24, 2.45) is 0 Å². The SMILES string of the molecule is O=C(Cc1ccc(S(=O)(=O)Cc2nccs2)cc1)Cc1cccc2ccccc12. The predicted molar refractivity (Wildman–Crippen MR) is 116 cm³/mol. The van der Waals surface area contributed by atoms with E-state index in [4.69, 9.17) is 0 Å². The Balaban J connectivity index is 1.45. The van der Waals surface area contributed by atoms with Crippen molar-refractivity contribution in [3.05, 3.63) is 94.4 Å². The summed E-state index contributed by atoms with van der Waals surface area (Å²) in [6.45, 7) is 0. The molecule has 0 saturated carbocycles. The molecule has 0 aliphatic carbocycles. The minimum absolute atomic E-state index is 0.0970. The van der Waals surface area contributed by atoms with Gasteiger partial charge in [-0.3, -0.25) is 4.79 Å². The second-order valence-corrected chi connectivity index (χ2v) is 9.83. The number of thiazole rings is 1. The van der Waals surface area contributed by atoms with E-state index in [0.717, 1.165) is 21.9 Å². The number of carbonyl (C=O) groups is 1. The number of rotatable bonds is 7. The number of ketones is 1. The van der Waals surface area contributed by atoms with Gasteiger partial charge in [0, 0.05) is 24.4 Å². The number of hydrogen-bond donors (Lipinski definition) is 0. The highest BCUT2D eigenvalue weighted by atomic mass is 32.2. The fourth-order valence-electron chi connectivity index (χ4n) is 3.33. The molecule has 4 nitrogen and oxygen atoms in total. The minimum atomic E-state index is -3.44. The minimum Gasteiger partial charge on any atom is -0.299 e. The van der Waals surface area contributed by atoms with Gasteiger partial charge in [0.2, 0.25) is 0 Å². The molecule has 29 heavy (non-hydrogen) atoms. The molecule has 0 radical (unpaired) electrons. The van der Waals surface area contributed by atoms with Crippen LogP contribution in [0.2, 0.25) is 0 Å². The van der Waals surface area contributed by atoms with Gasteiger partial charge in [-0.25, -0.2) is 13.4 Å². The first-order chi connectivity index (χ1) is 14.0. The van der Waals surface area contributed by atoms with Crippen LogP contribution >= 0.6 is 11.3 Å². The second-order valence-electron chi connectivity index (χ2n) is 6.86. The van der Waals surface area contributed by atoms with Crippen molar-refractivity contribution >= 4 is 37.7 Å². The molecule has 146 valence electrons. The van der Waals surface area contributed by atoms with E-state index in [1.54, 1.807) is 35.8 Å². The summed E-state index contributed by atoms with van der Waals surface area (Å²) in [6, 6.07) is 20.6. The van der Waals surface area contributed by atoms with Gasteiger partial charge in [-0.1, -0.05) is 54.6 Å². The van der Waals surface area contributed by atoms with Crippen LogP contribution < -0.4 is 0 Å². The fourth-order valence-corrected chi connectivity index (χ4v) is 5.59. The molecule has 3 aromatic carbocycles. The van der Waals surface area contributed by atoms with E-state index < -0.39 is 9.84 Å². The molecule has 0 saturated heterocycles. The summed E-state index contributed by atoms with van der Waals surface area (Å²) in [5, 5.41) is 4.54. The molecule has 6 heteroatoms. The van der Waals surface area contributed by atoms with E-state index in [-0.39, 0.29) is 22.9 Å². The van der Waals surface area contributed by atoms with Crippen molar-refractivity contribution in [2.45, 2.75) is 23.5 Å². The Morgan fingerprint density at radius 2 is 1.66 bits per heavy atom. The van der Waals surface area contributed by atoms with Crippen LogP contribution in [-0.2, 0) is 33.2 Å². The number of aromatic nitrogens is 1. The maximum atomic E-state index is 12.6. The highest BCUT2D eigenvalue weighted by Gasteiger charge is 2.17. The molecular weight excluding hydrogens is 402 g/mol. The molecule has 0 aliphatic heterocycles. The standard InChI is InChI=1S/C23H19NO3S2/c25-20(15-19-6-3-5-18-4-1-2-7-22(18)19)14-17-8-10-21(11-9-17)29(26,27)16-23-24-12-13-28-23/h1-13H,14-16H2. The van der Waals surface area contributed by atoms with Gasteiger partial charge in [0.25, 0.3) is 0 Å². The average Bonchev–Trinajstić information content (AvgIpc) is 3.21. The maximum Gasteiger partial charge on any atom is 0.184 e. The monoisotopic (exact) mass is 421 g/mol. The average molecular weight is 422 g/mol. The van der Waals surface area contributed by atoms with Crippen LogP contribution in [-0.4, -0.2) is 19.2 Å². The number of nitrogens with zero attached hydrogens (tertiary/aromatic N) is 1. The van der Waals surface area contributed by atoms with Gasteiger partial charge in [-0.05, 0) is 34.0 Å². The second kappa shape index (κ2) is 8.27. The summed E-state index contributed by atoms with van der Waals surface area (Å²) in [5.74, 6) is -0.0101. The van der Waals surface area contributed by atoms with E-state index in [0.29, 0.717) is 11.4 Å². The molecule has 0 fully saturated rings. The van der Waals surface area contributed by atoms with Crippen LogP contribution in [0.5, 0.6) is 0 Å². The molecule has 0 spiro atoms. The van der Waals surface area contributed by atoms with Crippen LogP contribution in [0.4, 0.5) is 0 Å². The van der Waals surface area contributed by atoms with E-state index in [1.807, 2.05) is 42.5 Å². The first-order valence-electron chi connectivity index (χ1n) is 9.20. The van der Waals surface area contributed by atoms with E-state index in [1.165, 1.54) is 11.3 Å². The van der Waals surface area contributed by atoms with E-state index in [9.17, 15) is 13.2 Å². The lowest BCUT2D eigenvalue weighted by atomic mass is 9.98. The third kappa shape index (κ3) is 4.60. The molecule has 1 aromatic heterocycles. The molecule has 0 bridgehead atoms. The number of sulfone groups is 1. The zero-order valence-corrected chi connectivity index (χ0v) is 17.2. The van der Waals surface area contributed by atoms with Gasteiger partial charge in [0.05, 0.1) is 4.90 Å². The quantitative estimate of drug-likeness (QED) is 0.437. The summed E-state index contributed by atoms with van der Waals surface area (Å²) < 4.78 is 25.0. The molecule has 0 N–H and O–H groups in total. The van der Waals surface area contributed by atoms with Crippen LogP contribution in [0.3, 0.4) is 0 Å². The Hall–Kier alpha value is -2.83. The summed E-state index contributed by atoms with van der Waals surface area (Å²) in [7, 11) is -3.44. The maximum absolute atomic E-state index is 12.6. The van der Waals surface area contributed by atoms with Crippen molar-refractivity contribution < 1.29 is 13.2 Å². The van der Waals surface area contributed by atoms with Gasteiger partial charge >= 0.3 is 0 Å². The molecule has 0 atom stereocenters. The van der Waals surface area contributed by atoms with E-state index in [2.05, 4.69) is 4.98 Å². The Morgan fingerprint density at radius 3 is 2.41 bits per heavy atom. The number of benzene rings is 3. The Labute approximate surface area is 173 Å². The highest BCUT2D eigenvalue weighted by molar-refractivity contribution is 7.90. The van der Waals surface area contributed by atoms with Gasteiger partial charge in [-0.2, -0.15) is 0 Å². The molecule has 4 rings (SSSR count). The zero-order chi connectivity index (χ0) is 20.3. The Kier molecular flexibility index (Phi) is 5.56. The molecular formula is C23H19NO3S2. The van der Waals surface area contributed by atoms with Crippen LogP contribution in [0.15, 0.2) is 83.2 Å². The number of carbonyl (C=O) groups excluding carboxylic acids is 1. The lowest BCUT2D eigenvalue weighted by Crippen LogP contribution is -2.08. The zero-order valence-electron chi connectivity index (χ0n) is 15.6. The lowest BCUT2D eigenvalue weighted by molar-refractivity contribution is -0.117. The first kappa shape index (κ1) is 19.5. The topological polar surface area (TPSA) is 64.1 Å². The lowest BCUT2D eigenvalue weighted by Gasteiger charge is -2.07. The normalized spacial score (nSPS) is 11.6. The summed E-state index contributed by atoms with van der Waals surface area (Å²) in [4.78, 5) is 16.9. The fraction of sp³-hybridized carbons (Fsp3) is 0.130. The summed E-state index contributed by atoms with van der Waals surface area (Å²) in [6.07, 6.45) is 2.22. The summed E-state index contributed by atoms with van der Waals surface area (Å²) in [5.41, 5.74) is 1.82. The van der Waals surface area contributed by atoms with Crippen molar-refractivity contribution in [3.63, 3.8) is 0 Å². The van der Waals surface area contributed by atoms with Gasteiger partial charge in [-0.15, -0.1) is 11.3 Å². The van der Waals surface area contributed by atoms with Crippen molar-refractivity contribution in [1.82, 2.24) is 4.98 Å². The molecule has 1 heterocycles. The summed E-state index contributed by atoms with van der Waals surface area (Å²) >= 11 is 1.32. The highest BCUT2D eigenvalue weighted by Crippen LogP contribution is 2.21. The van der Waals surface area contributed by atoms with Crippen LogP contribution in [0, 0.1) is 0 Å².